The Balaban J connectivity index is 1.66. The number of fused-ring (bicyclic) bond motifs is 1. The zero-order chi connectivity index (χ0) is 18.4. The third kappa shape index (κ3) is 4.30. The normalized spacial score (nSPS) is 13.7. The number of methoxy groups -OCH3 is 2. The number of nitrogens with one attached hydrogen (secondary N) is 1. The molecule has 0 atom stereocenters. The highest BCUT2D eigenvalue weighted by atomic mass is 16.5. The molecule has 0 saturated carbocycles. The summed E-state index contributed by atoms with van der Waals surface area (Å²) in [6, 6.07) is 11.3. The van der Waals surface area contributed by atoms with Crippen LogP contribution < -0.4 is 30.0 Å². The summed E-state index contributed by atoms with van der Waals surface area (Å²) in [6.45, 7) is 1.76. The van der Waals surface area contributed by atoms with Gasteiger partial charge in [0.25, 0.3) is 0 Å². The second-order valence-electron chi connectivity index (χ2n) is 5.73. The summed E-state index contributed by atoms with van der Waals surface area (Å²) in [7, 11) is 3.18. The van der Waals surface area contributed by atoms with Crippen LogP contribution in [-0.4, -0.2) is 33.4 Å². The lowest BCUT2D eigenvalue weighted by Gasteiger charge is -2.11. The number of nitrogens with two attached hydrogens (primary N) is 1. The molecule has 0 unspecified atom stereocenters. The fourth-order valence-electron chi connectivity index (χ4n) is 2.58. The molecule has 7 nitrogen and oxygen atoms in total. The van der Waals surface area contributed by atoms with E-state index in [9.17, 15) is 0 Å². The van der Waals surface area contributed by atoms with E-state index in [0.29, 0.717) is 37.2 Å². The Kier molecular flexibility index (Phi) is 5.68. The first-order chi connectivity index (χ1) is 12.7. The molecule has 138 valence electrons. The van der Waals surface area contributed by atoms with Crippen LogP contribution in [0.4, 0.5) is 5.69 Å². The molecular formula is C19H23N3O4. The number of nitrogens with zero attached hydrogens (tertiary/aromatic N) is 1. The maximum atomic E-state index is 5.99. The first-order valence-electron chi connectivity index (χ1n) is 8.37. The van der Waals surface area contributed by atoms with Gasteiger partial charge in [0.1, 0.15) is 0 Å². The lowest BCUT2D eigenvalue weighted by molar-refractivity contribution is 0.297. The summed E-state index contributed by atoms with van der Waals surface area (Å²) < 4.78 is 21.8. The third-order valence-electron chi connectivity index (χ3n) is 3.90. The lowest BCUT2D eigenvalue weighted by Crippen LogP contribution is -2.22. The number of aliphatic imine (C=N–C) groups is 1. The van der Waals surface area contributed by atoms with Crippen LogP contribution in [0, 0.1) is 0 Å². The Labute approximate surface area is 152 Å². The number of rotatable bonds is 5. The molecule has 0 aliphatic carbocycles. The largest absolute Gasteiger partial charge is 0.493 e. The Hall–Kier alpha value is -3.09. The van der Waals surface area contributed by atoms with Gasteiger partial charge in [0.2, 0.25) is 0 Å². The van der Waals surface area contributed by atoms with Crippen LogP contribution in [0.5, 0.6) is 23.0 Å². The van der Waals surface area contributed by atoms with Crippen molar-refractivity contribution < 1.29 is 18.9 Å². The van der Waals surface area contributed by atoms with Crippen molar-refractivity contribution in [3.8, 4) is 23.0 Å². The molecule has 0 spiro atoms. The van der Waals surface area contributed by atoms with E-state index >= 15 is 0 Å². The highest BCUT2D eigenvalue weighted by Gasteiger charge is 2.10. The van der Waals surface area contributed by atoms with E-state index < -0.39 is 0 Å². The molecule has 0 saturated heterocycles. The Morgan fingerprint density at radius 3 is 2.58 bits per heavy atom. The minimum Gasteiger partial charge on any atom is -0.493 e. The quantitative estimate of drug-likeness (QED) is 0.632. The van der Waals surface area contributed by atoms with Gasteiger partial charge in [-0.3, -0.25) is 0 Å². The van der Waals surface area contributed by atoms with Crippen LogP contribution in [0.1, 0.15) is 12.0 Å². The Morgan fingerprint density at radius 2 is 1.81 bits per heavy atom. The summed E-state index contributed by atoms with van der Waals surface area (Å²) in [4.78, 5) is 4.38. The molecule has 2 aromatic carbocycles. The smallest absolute Gasteiger partial charge is 0.193 e. The predicted octanol–water partition coefficient (Wildman–Crippen LogP) is 2.79. The van der Waals surface area contributed by atoms with Gasteiger partial charge in [0.05, 0.1) is 34.0 Å². The molecule has 0 radical (unpaired) electrons. The van der Waals surface area contributed by atoms with Crippen LogP contribution in [0.2, 0.25) is 0 Å². The summed E-state index contributed by atoms with van der Waals surface area (Å²) in [6.07, 6.45) is 0.879. The predicted molar refractivity (Wildman–Crippen MR) is 101 cm³/mol. The Morgan fingerprint density at radius 1 is 1.04 bits per heavy atom. The zero-order valence-corrected chi connectivity index (χ0v) is 15.0. The minimum absolute atomic E-state index is 0.310. The zero-order valence-electron chi connectivity index (χ0n) is 15.0. The van der Waals surface area contributed by atoms with Crippen molar-refractivity contribution >= 4 is 11.6 Å². The first-order valence-corrected chi connectivity index (χ1v) is 8.37. The third-order valence-corrected chi connectivity index (χ3v) is 3.90. The summed E-state index contributed by atoms with van der Waals surface area (Å²) in [5, 5.41) is 3.05. The van der Waals surface area contributed by atoms with Gasteiger partial charge in [-0.25, -0.2) is 4.99 Å². The fraction of sp³-hybridized carbons (Fsp3) is 0.316. The van der Waals surface area contributed by atoms with Crippen LogP contribution in [0.15, 0.2) is 41.4 Å². The first kappa shape index (κ1) is 17.7. The summed E-state index contributed by atoms with van der Waals surface area (Å²) in [5.41, 5.74) is 7.75. The van der Waals surface area contributed by atoms with Crippen molar-refractivity contribution in [1.82, 2.24) is 0 Å². The van der Waals surface area contributed by atoms with E-state index in [-0.39, 0.29) is 0 Å². The van der Waals surface area contributed by atoms with E-state index in [4.69, 9.17) is 24.7 Å². The number of guanidine groups is 1. The van der Waals surface area contributed by atoms with Gasteiger partial charge in [-0.05, 0) is 29.8 Å². The molecule has 1 aliphatic heterocycles. The van der Waals surface area contributed by atoms with Gasteiger partial charge in [-0.15, -0.1) is 0 Å². The van der Waals surface area contributed by atoms with Gasteiger partial charge in [-0.1, -0.05) is 6.07 Å². The van der Waals surface area contributed by atoms with Crippen LogP contribution in [-0.2, 0) is 6.54 Å². The van der Waals surface area contributed by atoms with Crippen molar-refractivity contribution in [3.63, 3.8) is 0 Å². The van der Waals surface area contributed by atoms with Crippen molar-refractivity contribution in [1.29, 1.82) is 0 Å². The Bertz CT molecular complexity index is 792. The van der Waals surface area contributed by atoms with Crippen molar-refractivity contribution in [2.24, 2.45) is 10.7 Å². The van der Waals surface area contributed by atoms with Crippen molar-refractivity contribution in [2.45, 2.75) is 13.0 Å². The summed E-state index contributed by atoms with van der Waals surface area (Å²) >= 11 is 0. The van der Waals surface area contributed by atoms with E-state index in [1.165, 1.54) is 0 Å². The van der Waals surface area contributed by atoms with Gasteiger partial charge in [-0.2, -0.15) is 0 Å². The van der Waals surface area contributed by atoms with Gasteiger partial charge in [0, 0.05) is 18.2 Å². The molecule has 0 aromatic heterocycles. The molecule has 2 aromatic rings. The molecular weight excluding hydrogens is 334 g/mol. The standard InChI is InChI=1S/C19H23N3O4/c1-23-15-7-5-14(11-17(15)24-2)22-19(20)21-12-13-4-6-16-18(10-13)26-9-3-8-25-16/h4-7,10-11H,3,8-9,12H2,1-2H3,(H3,20,21,22). The molecule has 1 aliphatic rings. The van der Waals surface area contributed by atoms with E-state index in [0.717, 1.165) is 29.2 Å². The number of ether oxygens (including phenoxy) is 4. The molecule has 3 rings (SSSR count). The van der Waals surface area contributed by atoms with Gasteiger partial charge < -0.3 is 30.0 Å². The second kappa shape index (κ2) is 8.33. The lowest BCUT2D eigenvalue weighted by atomic mass is 10.2. The topological polar surface area (TPSA) is 87.3 Å². The van der Waals surface area contributed by atoms with E-state index in [2.05, 4.69) is 10.3 Å². The number of hydrogen-bond acceptors (Lipinski definition) is 5. The SMILES string of the molecule is COc1ccc(NC(N)=NCc2ccc3c(c2)OCCCO3)cc1OC. The summed E-state index contributed by atoms with van der Waals surface area (Å²) in [5.74, 6) is 3.10. The molecule has 0 bridgehead atoms. The molecule has 7 heteroatoms. The van der Waals surface area contributed by atoms with E-state index in [1.54, 1.807) is 26.4 Å². The van der Waals surface area contributed by atoms with E-state index in [1.807, 2.05) is 24.3 Å². The molecule has 1 heterocycles. The van der Waals surface area contributed by atoms with Gasteiger partial charge in [0.15, 0.2) is 29.0 Å². The van der Waals surface area contributed by atoms with Crippen molar-refractivity contribution in [3.05, 3.63) is 42.0 Å². The van der Waals surface area contributed by atoms with Crippen LogP contribution in [0.25, 0.3) is 0 Å². The molecule has 3 N–H and O–H groups in total. The molecule has 0 fully saturated rings. The minimum atomic E-state index is 0.310. The average molecular weight is 357 g/mol. The number of anilines is 1. The van der Waals surface area contributed by atoms with Crippen LogP contribution in [0.3, 0.4) is 0 Å². The highest BCUT2D eigenvalue weighted by Crippen LogP contribution is 2.31. The van der Waals surface area contributed by atoms with Crippen molar-refractivity contribution in [2.75, 3.05) is 32.8 Å². The maximum absolute atomic E-state index is 5.99. The second-order valence-corrected chi connectivity index (χ2v) is 5.73. The molecule has 26 heavy (non-hydrogen) atoms. The maximum Gasteiger partial charge on any atom is 0.193 e. The highest BCUT2D eigenvalue weighted by molar-refractivity contribution is 5.92. The number of hydrogen-bond donors (Lipinski definition) is 2. The fourth-order valence-corrected chi connectivity index (χ4v) is 2.58. The monoisotopic (exact) mass is 357 g/mol. The number of benzene rings is 2. The van der Waals surface area contributed by atoms with Gasteiger partial charge >= 0.3 is 0 Å². The van der Waals surface area contributed by atoms with Crippen LogP contribution >= 0.6 is 0 Å². The average Bonchev–Trinajstić information content (AvgIpc) is 2.91. The molecule has 0 amide bonds.